The average molecular weight is 447 g/mol. The van der Waals surface area contributed by atoms with Crippen molar-refractivity contribution in [3.8, 4) is 5.75 Å². The summed E-state index contributed by atoms with van der Waals surface area (Å²) in [5.74, 6) is 0.811. The molecule has 9 nitrogen and oxygen atoms in total. The second-order valence-electron chi connectivity index (χ2n) is 7.85. The van der Waals surface area contributed by atoms with Crippen LogP contribution in [-0.4, -0.2) is 50.3 Å². The van der Waals surface area contributed by atoms with Gasteiger partial charge in [0.1, 0.15) is 17.3 Å². The molecule has 3 aromatic rings. The fourth-order valence-corrected chi connectivity index (χ4v) is 3.95. The minimum Gasteiger partial charge on any atom is -0.497 e. The van der Waals surface area contributed by atoms with Gasteiger partial charge in [0.2, 0.25) is 0 Å². The first-order valence-corrected chi connectivity index (χ1v) is 10.9. The number of carbonyl (C=O) groups is 2. The van der Waals surface area contributed by atoms with Crippen molar-refractivity contribution in [2.45, 2.75) is 38.8 Å². The van der Waals surface area contributed by atoms with Crippen LogP contribution in [0.4, 0.5) is 0 Å². The Labute approximate surface area is 192 Å². The zero-order valence-electron chi connectivity index (χ0n) is 18.7. The van der Waals surface area contributed by atoms with Gasteiger partial charge < -0.3 is 15.0 Å². The maximum absolute atomic E-state index is 13.2. The van der Waals surface area contributed by atoms with Crippen LogP contribution in [0.1, 0.15) is 63.2 Å². The number of aryl methyl sites for hydroxylation is 1. The van der Waals surface area contributed by atoms with Crippen LogP contribution < -0.4 is 10.1 Å². The molecule has 1 N–H and O–H groups in total. The lowest BCUT2D eigenvalue weighted by atomic mass is 9.95. The first-order valence-electron chi connectivity index (χ1n) is 10.9. The lowest BCUT2D eigenvalue weighted by Crippen LogP contribution is -2.40. The Hall–Kier alpha value is -3.88. The summed E-state index contributed by atoms with van der Waals surface area (Å²) in [7, 11) is 1.61. The number of amides is 2. The van der Waals surface area contributed by atoms with Gasteiger partial charge >= 0.3 is 0 Å². The topological polar surface area (TPSA) is 110 Å². The van der Waals surface area contributed by atoms with Crippen LogP contribution in [0.25, 0.3) is 0 Å². The number of nitrogens with one attached hydrogen (secondary N) is 1. The number of hydrogen-bond acceptors (Lipinski definition) is 7. The summed E-state index contributed by atoms with van der Waals surface area (Å²) in [6.07, 6.45) is 8.56. The molecule has 1 saturated heterocycles. The molecule has 1 fully saturated rings. The van der Waals surface area contributed by atoms with Crippen LogP contribution in [0, 0.1) is 6.92 Å². The van der Waals surface area contributed by atoms with E-state index in [2.05, 4.69) is 25.3 Å². The van der Waals surface area contributed by atoms with E-state index in [1.165, 1.54) is 18.6 Å². The molecular weight excluding hydrogens is 420 g/mol. The Morgan fingerprint density at radius 3 is 2.67 bits per heavy atom. The third-order valence-corrected chi connectivity index (χ3v) is 5.66. The molecule has 1 aliphatic rings. The predicted molar refractivity (Wildman–Crippen MR) is 121 cm³/mol. The number of aromatic nitrogens is 4. The van der Waals surface area contributed by atoms with Crippen LogP contribution in [0.3, 0.4) is 0 Å². The lowest BCUT2D eigenvalue weighted by molar-refractivity contribution is 0.0595. The third-order valence-electron chi connectivity index (χ3n) is 5.66. The highest BCUT2D eigenvalue weighted by Crippen LogP contribution is 2.32. The number of piperidine rings is 1. The molecule has 0 aliphatic carbocycles. The molecule has 4 rings (SSSR count). The van der Waals surface area contributed by atoms with Gasteiger partial charge in [0.15, 0.2) is 0 Å². The highest BCUT2D eigenvalue weighted by Gasteiger charge is 2.33. The van der Waals surface area contributed by atoms with Crippen molar-refractivity contribution in [3.63, 3.8) is 0 Å². The van der Waals surface area contributed by atoms with Crippen molar-refractivity contribution in [1.82, 2.24) is 30.2 Å². The molecule has 2 amide bonds. The van der Waals surface area contributed by atoms with Gasteiger partial charge in [-0.15, -0.1) is 0 Å². The monoisotopic (exact) mass is 446 g/mol. The quantitative estimate of drug-likeness (QED) is 0.620. The average Bonchev–Trinajstić information content (AvgIpc) is 2.87. The molecule has 1 atom stereocenters. The van der Waals surface area contributed by atoms with Crippen molar-refractivity contribution in [2.24, 2.45) is 0 Å². The number of likely N-dealkylation sites (tertiary alicyclic amines) is 1. The minimum absolute atomic E-state index is 0.214. The highest BCUT2D eigenvalue weighted by atomic mass is 16.5. The molecule has 2 aromatic heterocycles. The van der Waals surface area contributed by atoms with Gasteiger partial charge in [-0.3, -0.25) is 14.6 Å². The molecule has 1 aliphatic heterocycles. The van der Waals surface area contributed by atoms with E-state index in [-0.39, 0.29) is 23.6 Å². The molecule has 33 heavy (non-hydrogen) atoms. The second kappa shape index (κ2) is 10.2. The molecule has 0 spiro atoms. The lowest BCUT2D eigenvalue weighted by Gasteiger charge is -2.35. The molecule has 9 heteroatoms. The minimum atomic E-state index is -0.336. The van der Waals surface area contributed by atoms with Gasteiger partial charge in [-0.1, -0.05) is 12.1 Å². The fraction of sp³-hybridized carbons (Fsp3) is 0.333. The van der Waals surface area contributed by atoms with Crippen LogP contribution in [0.2, 0.25) is 0 Å². The number of ether oxygens (including phenoxy) is 1. The van der Waals surface area contributed by atoms with Crippen LogP contribution in [0.15, 0.2) is 49.1 Å². The van der Waals surface area contributed by atoms with Gasteiger partial charge in [-0.05, 0) is 43.9 Å². The third kappa shape index (κ3) is 5.14. The van der Waals surface area contributed by atoms with Crippen LogP contribution in [0.5, 0.6) is 5.75 Å². The summed E-state index contributed by atoms with van der Waals surface area (Å²) in [5.41, 5.74) is 2.15. The number of rotatable bonds is 6. The molecular formula is C24H26N6O3. The Morgan fingerprint density at radius 2 is 1.94 bits per heavy atom. The predicted octanol–water partition coefficient (Wildman–Crippen LogP) is 2.88. The summed E-state index contributed by atoms with van der Waals surface area (Å²) in [6, 6.07) is 7.15. The Morgan fingerprint density at radius 1 is 1.12 bits per heavy atom. The van der Waals surface area contributed by atoms with Crippen molar-refractivity contribution in [2.75, 3.05) is 13.7 Å². The zero-order valence-corrected chi connectivity index (χ0v) is 18.7. The van der Waals surface area contributed by atoms with Crippen LogP contribution >= 0.6 is 0 Å². The van der Waals surface area contributed by atoms with Gasteiger partial charge in [0.05, 0.1) is 30.6 Å². The molecule has 0 radical (unpaired) electrons. The van der Waals surface area contributed by atoms with E-state index < -0.39 is 0 Å². The molecule has 1 aromatic carbocycles. The Balaban J connectivity index is 1.58. The van der Waals surface area contributed by atoms with E-state index >= 15 is 0 Å². The maximum atomic E-state index is 13.2. The molecule has 1 unspecified atom stereocenters. The zero-order chi connectivity index (χ0) is 23.2. The Kier molecular flexibility index (Phi) is 6.87. The van der Waals surface area contributed by atoms with Crippen molar-refractivity contribution >= 4 is 11.8 Å². The van der Waals surface area contributed by atoms with E-state index in [0.29, 0.717) is 36.6 Å². The summed E-state index contributed by atoms with van der Waals surface area (Å²) >= 11 is 0. The van der Waals surface area contributed by atoms with Crippen molar-refractivity contribution in [1.29, 1.82) is 0 Å². The van der Waals surface area contributed by atoms with Crippen molar-refractivity contribution in [3.05, 3.63) is 77.4 Å². The fourth-order valence-electron chi connectivity index (χ4n) is 3.95. The smallest absolute Gasteiger partial charge is 0.274 e. The SMILES string of the molecule is COc1ccc(CNC(=O)c2cnc(C)nc2C2CCCCN2C(=O)c2cnccn2)cc1. The number of methoxy groups -OCH3 is 1. The number of carbonyl (C=O) groups excluding carboxylic acids is 2. The number of hydrogen-bond donors (Lipinski definition) is 1. The second-order valence-corrected chi connectivity index (χ2v) is 7.85. The molecule has 0 bridgehead atoms. The summed E-state index contributed by atoms with van der Waals surface area (Å²) < 4.78 is 5.18. The van der Waals surface area contributed by atoms with Gasteiger partial charge in [-0.2, -0.15) is 0 Å². The molecule has 170 valence electrons. The first-order chi connectivity index (χ1) is 16.1. The highest BCUT2D eigenvalue weighted by molar-refractivity contribution is 5.96. The van der Waals surface area contributed by atoms with E-state index in [9.17, 15) is 9.59 Å². The van der Waals surface area contributed by atoms with Gasteiger partial charge in [0.25, 0.3) is 11.8 Å². The number of benzene rings is 1. The standard InChI is InChI=1S/C24H26N6O3/c1-16-27-14-19(23(31)28-13-17-6-8-18(33-2)9-7-17)22(29-16)21-5-3-4-12-30(21)24(32)20-15-25-10-11-26-20/h6-11,14-15,21H,3-5,12-13H2,1-2H3,(H,28,31). The summed E-state index contributed by atoms with van der Waals surface area (Å²) in [5, 5.41) is 2.94. The van der Waals surface area contributed by atoms with Gasteiger partial charge in [0, 0.05) is 31.7 Å². The van der Waals surface area contributed by atoms with Crippen molar-refractivity contribution < 1.29 is 14.3 Å². The van der Waals surface area contributed by atoms with Gasteiger partial charge in [-0.25, -0.2) is 15.0 Å². The van der Waals surface area contributed by atoms with E-state index in [1.807, 2.05) is 24.3 Å². The first kappa shape index (κ1) is 22.3. The number of nitrogens with zero attached hydrogens (tertiary/aromatic N) is 5. The normalized spacial score (nSPS) is 15.7. The van der Waals surface area contributed by atoms with E-state index in [1.54, 1.807) is 25.1 Å². The molecule has 0 saturated carbocycles. The maximum Gasteiger partial charge on any atom is 0.274 e. The van der Waals surface area contributed by atoms with E-state index in [0.717, 1.165) is 24.2 Å². The largest absolute Gasteiger partial charge is 0.497 e. The molecule has 3 heterocycles. The summed E-state index contributed by atoms with van der Waals surface area (Å²) in [6.45, 7) is 2.69. The summed E-state index contributed by atoms with van der Waals surface area (Å²) in [4.78, 5) is 45.1. The van der Waals surface area contributed by atoms with E-state index in [4.69, 9.17) is 4.74 Å². The Bertz CT molecular complexity index is 1120. The van der Waals surface area contributed by atoms with Crippen LogP contribution in [-0.2, 0) is 6.54 Å².